The first-order chi connectivity index (χ1) is 12.3. The van der Waals surface area contributed by atoms with E-state index in [1.54, 1.807) is 18.2 Å². The first-order valence-electron chi connectivity index (χ1n) is 8.34. The third kappa shape index (κ3) is 4.25. The van der Waals surface area contributed by atoms with Crippen LogP contribution in [0, 0.1) is 11.8 Å². The summed E-state index contributed by atoms with van der Waals surface area (Å²) in [6.07, 6.45) is -2.66. The van der Waals surface area contributed by atoms with Crippen LogP contribution in [0.15, 0.2) is 18.2 Å². The number of rotatable bonds is 5. The molecule has 1 aromatic rings. The van der Waals surface area contributed by atoms with Crippen molar-refractivity contribution in [2.75, 3.05) is 12.8 Å². The number of hydrogen-bond acceptors (Lipinski definition) is 8. The van der Waals surface area contributed by atoms with E-state index in [0.29, 0.717) is 17.0 Å². The maximum absolute atomic E-state index is 12.1. The molecule has 1 heterocycles. The number of carbonyl (C=O) groups is 2. The third-order valence-electron chi connectivity index (χ3n) is 4.59. The van der Waals surface area contributed by atoms with Gasteiger partial charge in [-0.1, -0.05) is 19.9 Å². The number of carbonyl (C=O) groups excluding carboxylic acids is 2. The van der Waals surface area contributed by atoms with Gasteiger partial charge in [0.25, 0.3) is 0 Å². The molecule has 0 aliphatic carbocycles. The number of methoxy groups -OCH3 is 1. The minimum absolute atomic E-state index is 0.133. The lowest BCUT2D eigenvalue weighted by molar-refractivity contribution is -0.243. The van der Waals surface area contributed by atoms with Crippen molar-refractivity contribution in [1.82, 2.24) is 0 Å². The van der Waals surface area contributed by atoms with Gasteiger partial charge in [0.2, 0.25) is 6.29 Å². The third-order valence-corrected chi connectivity index (χ3v) is 4.59. The molecule has 2 rings (SSSR count). The van der Waals surface area contributed by atoms with E-state index in [1.165, 1.54) is 14.0 Å². The fourth-order valence-corrected chi connectivity index (χ4v) is 2.90. The highest BCUT2D eigenvalue weighted by Crippen LogP contribution is 2.36. The summed E-state index contributed by atoms with van der Waals surface area (Å²) in [6, 6.07) is 4.92. The van der Waals surface area contributed by atoms with Gasteiger partial charge in [0.1, 0.15) is 11.9 Å². The number of hydrogen-bond donors (Lipinski definition) is 2. The molecule has 8 nitrogen and oxygen atoms in total. The van der Waals surface area contributed by atoms with E-state index in [1.807, 2.05) is 13.8 Å². The first kappa shape index (κ1) is 20.0. The molecule has 26 heavy (non-hydrogen) atoms. The molecule has 1 saturated heterocycles. The van der Waals surface area contributed by atoms with Gasteiger partial charge >= 0.3 is 11.9 Å². The van der Waals surface area contributed by atoms with Gasteiger partial charge in [-0.3, -0.25) is 4.79 Å². The Morgan fingerprint density at radius 3 is 2.50 bits per heavy atom. The number of aliphatic hydroxyl groups excluding tert-OH is 1. The summed E-state index contributed by atoms with van der Waals surface area (Å²) in [7, 11) is 1.24. The van der Waals surface area contributed by atoms with Crippen LogP contribution >= 0.6 is 0 Å². The van der Waals surface area contributed by atoms with Crippen molar-refractivity contribution in [3.8, 4) is 5.75 Å². The van der Waals surface area contributed by atoms with Crippen LogP contribution in [0.2, 0.25) is 0 Å². The standard InChI is InChI=1S/C18H25NO7/c1-9-10(2)18(25-14-6-5-12(8-20)7-13(14)19)26-16(17(22)23-4)15(9)24-11(3)21/h5-7,9-10,15-16,18,20H,8,19H2,1-4H3/t9-,10-,15+,16+,18+/m1/s1. The lowest BCUT2D eigenvalue weighted by Crippen LogP contribution is -2.55. The van der Waals surface area contributed by atoms with Gasteiger partial charge < -0.3 is 29.8 Å². The highest BCUT2D eigenvalue weighted by Gasteiger charge is 2.48. The van der Waals surface area contributed by atoms with Crippen molar-refractivity contribution in [2.24, 2.45) is 11.8 Å². The topological polar surface area (TPSA) is 117 Å². The zero-order valence-corrected chi connectivity index (χ0v) is 15.3. The van der Waals surface area contributed by atoms with Crippen molar-refractivity contribution in [3.05, 3.63) is 23.8 Å². The molecule has 1 fully saturated rings. The molecule has 0 radical (unpaired) electrons. The van der Waals surface area contributed by atoms with E-state index in [0.717, 1.165) is 0 Å². The SMILES string of the molecule is COC(=O)[C@H]1O[C@H](Oc2ccc(CO)cc2N)[C@H](C)[C@@H](C)[C@@H]1OC(C)=O. The van der Waals surface area contributed by atoms with E-state index < -0.39 is 30.4 Å². The predicted octanol–water partition coefficient (Wildman–Crippen LogP) is 1.24. The van der Waals surface area contributed by atoms with Crippen LogP contribution in [0.1, 0.15) is 26.3 Å². The predicted molar refractivity (Wildman–Crippen MR) is 92.0 cm³/mol. The fourth-order valence-electron chi connectivity index (χ4n) is 2.90. The molecule has 1 aliphatic heterocycles. The smallest absolute Gasteiger partial charge is 0.339 e. The van der Waals surface area contributed by atoms with Crippen molar-refractivity contribution in [3.63, 3.8) is 0 Å². The second-order valence-corrected chi connectivity index (χ2v) is 6.39. The number of nitrogens with two attached hydrogens (primary N) is 1. The summed E-state index contributed by atoms with van der Waals surface area (Å²) in [5.74, 6) is -1.19. The minimum Gasteiger partial charge on any atom is -0.467 e. The highest BCUT2D eigenvalue weighted by molar-refractivity contribution is 5.76. The molecule has 0 unspecified atom stereocenters. The minimum atomic E-state index is -1.10. The van der Waals surface area contributed by atoms with Gasteiger partial charge in [-0.05, 0) is 17.7 Å². The highest BCUT2D eigenvalue weighted by atomic mass is 16.7. The Balaban J connectivity index is 2.24. The molecule has 1 aromatic carbocycles. The molecule has 0 amide bonds. The quantitative estimate of drug-likeness (QED) is 0.590. The zero-order chi connectivity index (χ0) is 19.4. The van der Waals surface area contributed by atoms with E-state index in [2.05, 4.69) is 0 Å². The van der Waals surface area contributed by atoms with Crippen LogP contribution in [-0.4, -0.2) is 42.7 Å². The van der Waals surface area contributed by atoms with Gasteiger partial charge in [0.15, 0.2) is 6.10 Å². The average molecular weight is 367 g/mol. The average Bonchev–Trinajstić information content (AvgIpc) is 2.61. The van der Waals surface area contributed by atoms with Crippen LogP contribution in [0.5, 0.6) is 5.75 Å². The van der Waals surface area contributed by atoms with Crippen LogP contribution in [0.4, 0.5) is 5.69 Å². The first-order valence-corrected chi connectivity index (χ1v) is 8.34. The number of anilines is 1. The van der Waals surface area contributed by atoms with E-state index >= 15 is 0 Å². The van der Waals surface area contributed by atoms with E-state index in [-0.39, 0.29) is 18.4 Å². The van der Waals surface area contributed by atoms with Crippen molar-refractivity contribution >= 4 is 17.6 Å². The Hall–Kier alpha value is -2.32. The lowest BCUT2D eigenvalue weighted by Gasteiger charge is -2.42. The van der Waals surface area contributed by atoms with Crippen LogP contribution in [0.3, 0.4) is 0 Å². The zero-order valence-electron chi connectivity index (χ0n) is 15.3. The van der Waals surface area contributed by atoms with Crippen molar-refractivity contribution in [1.29, 1.82) is 0 Å². The van der Waals surface area contributed by atoms with Crippen molar-refractivity contribution < 1.29 is 33.6 Å². The molecule has 0 aromatic heterocycles. The van der Waals surface area contributed by atoms with Gasteiger partial charge in [-0.2, -0.15) is 0 Å². The van der Waals surface area contributed by atoms with E-state index in [4.69, 9.17) is 29.8 Å². The Labute approximate surface area is 152 Å². The Morgan fingerprint density at radius 1 is 1.27 bits per heavy atom. The number of aliphatic hydroxyl groups is 1. The van der Waals surface area contributed by atoms with Gasteiger partial charge in [-0.25, -0.2) is 4.79 Å². The van der Waals surface area contributed by atoms with Gasteiger partial charge in [0, 0.05) is 18.8 Å². The lowest BCUT2D eigenvalue weighted by atomic mass is 9.84. The summed E-state index contributed by atoms with van der Waals surface area (Å²) in [4.78, 5) is 23.5. The molecule has 1 aliphatic rings. The Morgan fingerprint density at radius 2 is 1.96 bits per heavy atom. The number of nitrogen functional groups attached to an aromatic ring is 1. The molecule has 0 saturated carbocycles. The molecule has 8 heteroatoms. The van der Waals surface area contributed by atoms with Gasteiger partial charge in [0.05, 0.1) is 19.4 Å². The molecule has 5 atom stereocenters. The second-order valence-electron chi connectivity index (χ2n) is 6.39. The summed E-state index contributed by atoms with van der Waals surface area (Å²) in [6.45, 7) is 4.87. The molecule has 0 spiro atoms. The van der Waals surface area contributed by atoms with Crippen LogP contribution < -0.4 is 10.5 Å². The summed E-state index contributed by atoms with van der Waals surface area (Å²) >= 11 is 0. The molecule has 144 valence electrons. The fraction of sp³-hybridized carbons (Fsp3) is 0.556. The van der Waals surface area contributed by atoms with Crippen LogP contribution in [0.25, 0.3) is 0 Å². The Bertz CT molecular complexity index is 663. The van der Waals surface area contributed by atoms with Gasteiger partial charge in [-0.15, -0.1) is 0 Å². The molecule has 3 N–H and O–H groups in total. The molecular formula is C18H25NO7. The number of benzene rings is 1. The monoisotopic (exact) mass is 367 g/mol. The normalized spacial score (nSPS) is 28.3. The molecular weight excluding hydrogens is 342 g/mol. The second kappa shape index (κ2) is 8.37. The molecule has 0 bridgehead atoms. The summed E-state index contributed by atoms with van der Waals surface area (Å²) < 4.78 is 21.7. The maximum Gasteiger partial charge on any atom is 0.339 e. The van der Waals surface area contributed by atoms with Crippen LogP contribution in [-0.2, 0) is 30.4 Å². The Kier molecular flexibility index (Phi) is 6.44. The number of esters is 2. The largest absolute Gasteiger partial charge is 0.467 e. The van der Waals surface area contributed by atoms with E-state index in [9.17, 15) is 9.59 Å². The maximum atomic E-state index is 12.1. The van der Waals surface area contributed by atoms with Crippen molar-refractivity contribution in [2.45, 2.75) is 45.9 Å². The summed E-state index contributed by atoms with van der Waals surface area (Å²) in [5, 5.41) is 9.16. The number of ether oxygens (including phenoxy) is 4. The summed E-state index contributed by atoms with van der Waals surface area (Å²) in [5.41, 5.74) is 6.96.